The van der Waals surface area contributed by atoms with E-state index in [9.17, 15) is 9.18 Å². The fraction of sp³-hybridized carbons (Fsp3) is 0.0345. The van der Waals surface area contributed by atoms with Gasteiger partial charge in [-0.25, -0.2) is 19.3 Å². The first-order valence-corrected chi connectivity index (χ1v) is 11.7. The van der Waals surface area contributed by atoms with Gasteiger partial charge in [0.1, 0.15) is 11.6 Å². The lowest BCUT2D eigenvalue weighted by atomic mass is 10.1. The maximum atomic E-state index is 13.2. The first-order chi connectivity index (χ1) is 18.0. The molecule has 0 fully saturated rings. The Morgan fingerprint density at radius 3 is 2.49 bits per heavy atom. The molecule has 6 aromatic rings. The van der Waals surface area contributed by atoms with Gasteiger partial charge in [0.2, 0.25) is 0 Å². The van der Waals surface area contributed by atoms with Gasteiger partial charge in [-0.05, 0) is 43.3 Å². The summed E-state index contributed by atoms with van der Waals surface area (Å²) in [7, 11) is 0. The Morgan fingerprint density at radius 1 is 0.892 bits per heavy atom. The maximum Gasteiger partial charge on any atom is 0.255 e. The van der Waals surface area contributed by atoms with Crippen molar-refractivity contribution in [1.82, 2.24) is 23.9 Å². The van der Waals surface area contributed by atoms with E-state index >= 15 is 0 Å². The molecule has 37 heavy (non-hydrogen) atoms. The lowest BCUT2D eigenvalue weighted by molar-refractivity contribution is 0.102. The number of carbonyl (C=O) groups excluding carboxylic acids is 1. The Hall–Kier alpha value is -5.11. The highest BCUT2D eigenvalue weighted by atomic mass is 19.1. The van der Waals surface area contributed by atoms with Gasteiger partial charge in [0.05, 0.1) is 5.69 Å². The van der Waals surface area contributed by atoms with Crippen molar-refractivity contribution >= 4 is 17.2 Å². The van der Waals surface area contributed by atoms with E-state index in [0.717, 1.165) is 17.0 Å². The number of aromatic nitrogens is 5. The van der Waals surface area contributed by atoms with Crippen molar-refractivity contribution in [3.8, 4) is 28.5 Å². The van der Waals surface area contributed by atoms with Crippen molar-refractivity contribution in [1.29, 1.82) is 0 Å². The number of nitrogens with zero attached hydrogens (tertiary/aromatic N) is 5. The summed E-state index contributed by atoms with van der Waals surface area (Å²) < 4.78 is 17.1. The Balaban J connectivity index is 1.39. The average molecular weight is 489 g/mol. The number of nitrogens with one attached hydrogen (secondary N) is 1. The number of rotatable bonds is 5. The highest BCUT2D eigenvalue weighted by Crippen LogP contribution is 2.27. The molecule has 0 radical (unpaired) electrons. The smallest absolute Gasteiger partial charge is 0.255 e. The van der Waals surface area contributed by atoms with Gasteiger partial charge in [-0.15, -0.1) is 0 Å². The van der Waals surface area contributed by atoms with Crippen molar-refractivity contribution < 1.29 is 9.18 Å². The molecule has 8 heteroatoms. The first-order valence-electron chi connectivity index (χ1n) is 11.7. The van der Waals surface area contributed by atoms with Crippen LogP contribution in [0.1, 0.15) is 15.9 Å². The number of fused-ring (bicyclic) bond motifs is 1. The minimum atomic E-state index is -0.390. The van der Waals surface area contributed by atoms with E-state index < -0.39 is 5.82 Å². The van der Waals surface area contributed by atoms with E-state index in [1.807, 2.05) is 64.8 Å². The molecule has 0 unspecified atom stereocenters. The van der Waals surface area contributed by atoms with E-state index in [2.05, 4.69) is 27.4 Å². The van der Waals surface area contributed by atoms with Crippen molar-refractivity contribution in [2.45, 2.75) is 6.92 Å². The molecule has 0 aliphatic rings. The number of carbonyl (C=O) groups is 1. The SMILES string of the molecule is Cc1ccc(-c2nccn2-c2nc(-c3cccc(NC(=O)c4ccc(F)cc4)c3)cn3ccnc23)cc1. The standard InChI is InChI=1S/C29H21FN6O/c1-19-5-7-20(8-6-19)26-31-14-16-36(26)28-27-32-13-15-35(27)18-25(34-28)22-3-2-4-24(17-22)33-29(37)21-9-11-23(30)12-10-21/h2-18H,1H3,(H,33,37). The maximum absolute atomic E-state index is 13.2. The Morgan fingerprint density at radius 2 is 1.68 bits per heavy atom. The third-order valence-electron chi connectivity index (χ3n) is 6.06. The second-order valence-electron chi connectivity index (χ2n) is 8.64. The molecule has 1 amide bonds. The van der Waals surface area contributed by atoms with Gasteiger partial charge in [0.15, 0.2) is 11.5 Å². The molecule has 3 heterocycles. The molecule has 0 bridgehead atoms. The number of hydrogen-bond donors (Lipinski definition) is 1. The predicted molar refractivity (Wildman–Crippen MR) is 140 cm³/mol. The Labute approximate surface area is 211 Å². The number of hydrogen-bond acceptors (Lipinski definition) is 4. The van der Waals surface area contributed by atoms with Crippen LogP contribution in [0.25, 0.3) is 34.1 Å². The number of imidazole rings is 2. The van der Waals surface area contributed by atoms with Gasteiger partial charge in [0.25, 0.3) is 5.91 Å². The molecule has 3 aromatic heterocycles. The summed E-state index contributed by atoms with van der Waals surface area (Å²) in [5.41, 5.74) is 5.31. The molecular weight excluding hydrogens is 467 g/mol. The fourth-order valence-corrected chi connectivity index (χ4v) is 4.17. The van der Waals surface area contributed by atoms with Crippen LogP contribution in [0, 0.1) is 12.7 Å². The zero-order chi connectivity index (χ0) is 25.4. The second-order valence-corrected chi connectivity index (χ2v) is 8.64. The van der Waals surface area contributed by atoms with E-state index in [-0.39, 0.29) is 5.91 Å². The molecule has 0 saturated carbocycles. The molecule has 3 aromatic carbocycles. The van der Waals surface area contributed by atoms with E-state index in [4.69, 9.17) is 4.98 Å². The van der Waals surface area contributed by atoms with Gasteiger partial charge in [-0.3, -0.25) is 9.36 Å². The van der Waals surface area contributed by atoms with Crippen LogP contribution in [0.3, 0.4) is 0 Å². The lowest BCUT2D eigenvalue weighted by Crippen LogP contribution is -2.11. The Kier molecular flexibility index (Phi) is 5.54. The molecular formula is C29H21FN6O. The summed E-state index contributed by atoms with van der Waals surface area (Å²) in [6.07, 6.45) is 9.11. The number of amides is 1. The molecule has 0 atom stereocenters. The van der Waals surface area contributed by atoms with Crippen LogP contribution in [0.2, 0.25) is 0 Å². The van der Waals surface area contributed by atoms with Crippen LogP contribution < -0.4 is 5.32 Å². The molecule has 180 valence electrons. The summed E-state index contributed by atoms with van der Waals surface area (Å²) in [4.78, 5) is 26.7. The van der Waals surface area contributed by atoms with Crippen LogP contribution in [0.4, 0.5) is 10.1 Å². The molecule has 0 spiro atoms. The minimum Gasteiger partial charge on any atom is -0.322 e. The summed E-state index contributed by atoms with van der Waals surface area (Å²) in [5, 5.41) is 2.87. The third-order valence-corrected chi connectivity index (χ3v) is 6.06. The Bertz CT molecular complexity index is 1740. The van der Waals surface area contributed by atoms with Gasteiger partial charge in [-0.2, -0.15) is 0 Å². The first kappa shape index (κ1) is 22.4. The quantitative estimate of drug-likeness (QED) is 0.325. The predicted octanol–water partition coefficient (Wildman–Crippen LogP) is 5.95. The lowest BCUT2D eigenvalue weighted by Gasteiger charge is -2.12. The van der Waals surface area contributed by atoms with E-state index in [1.54, 1.807) is 18.5 Å². The van der Waals surface area contributed by atoms with Crippen LogP contribution in [0.15, 0.2) is 104 Å². The summed E-state index contributed by atoms with van der Waals surface area (Å²) >= 11 is 0. The zero-order valence-electron chi connectivity index (χ0n) is 19.8. The largest absolute Gasteiger partial charge is 0.322 e. The van der Waals surface area contributed by atoms with E-state index in [1.165, 1.54) is 29.8 Å². The summed E-state index contributed by atoms with van der Waals surface area (Å²) in [6, 6.07) is 21.0. The third kappa shape index (κ3) is 4.36. The van der Waals surface area contributed by atoms with Crippen LogP contribution >= 0.6 is 0 Å². The van der Waals surface area contributed by atoms with Crippen molar-refractivity contribution in [3.05, 3.63) is 121 Å². The highest BCUT2D eigenvalue weighted by molar-refractivity contribution is 6.04. The number of halogens is 1. The van der Waals surface area contributed by atoms with Crippen molar-refractivity contribution in [3.63, 3.8) is 0 Å². The minimum absolute atomic E-state index is 0.322. The molecule has 6 rings (SSSR count). The molecule has 0 aliphatic carbocycles. The molecule has 1 N–H and O–H groups in total. The number of benzene rings is 3. The summed E-state index contributed by atoms with van der Waals surface area (Å²) in [5.74, 6) is 0.682. The van der Waals surface area contributed by atoms with Crippen LogP contribution in [-0.2, 0) is 0 Å². The number of aryl methyl sites for hydroxylation is 1. The van der Waals surface area contributed by atoms with Gasteiger partial charge in [-0.1, -0.05) is 42.0 Å². The summed E-state index contributed by atoms with van der Waals surface area (Å²) in [6.45, 7) is 2.05. The topological polar surface area (TPSA) is 77.1 Å². The molecule has 0 saturated heterocycles. The second kappa shape index (κ2) is 9.16. The average Bonchev–Trinajstić information content (AvgIpc) is 3.59. The molecule has 0 aliphatic heterocycles. The van der Waals surface area contributed by atoms with Gasteiger partial charge >= 0.3 is 0 Å². The van der Waals surface area contributed by atoms with Crippen LogP contribution in [-0.4, -0.2) is 29.8 Å². The van der Waals surface area contributed by atoms with Crippen molar-refractivity contribution in [2.75, 3.05) is 5.32 Å². The van der Waals surface area contributed by atoms with Crippen LogP contribution in [0.5, 0.6) is 0 Å². The van der Waals surface area contributed by atoms with Gasteiger partial charge < -0.3 is 9.72 Å². The monoisotopic (exact) mass is 488 g/mol. The fourth-order valence-electron chi connectivity index (χ4n) is 4.17. The molecule has 7 nitrogen and oxygen atoms in total. The van der Waals surface area contributed by atoms with Crippen molar-refractivity contribution in [2.24, 2.45) is 0 Å². The van der Waals surface area contributed by atoms with Gasteiger partial charge in [0, 0.05) is 53.4 Å². The van der Waals surface area contributed by atoms with E-state index in [0.29, 0.717) is 28.4 Å². The highest BCUT2D eigenvalue weighted by Gasteiger charge is 2.16. The normalized spacial score (nSPS) is 11.1. The number of anilines is 1. The zero-order valence-corrected chi connectivity index (χ0v) is 19.8.